The molecule has 0 saturated carbocycles. The first kappa shape index (κ1) is 16.3. The molecule has 3 aromatic rings. The Morgan fingerprint density at radius 1 is 0.958 bits per heavy atom. The molecule has 0 unspecified atom stereocenters. The van der Waals surface area contributed by atoms with Gasteiger partial charge in [0.15, 0.2) is 11.6 Å². The largest absolute Gasteiger partial charge is 0.432 e. The van der Waals surface area contributed by atoms with E-state index in [9.17, 15) is 17.6 Å². The summed E-state index contributed by atoms with van der Waals surface area (Å²) in [5, 5.41) is 1.19. The second kappa shape index (κ2) is 6.51. The third kappa shape index (κ3) is 3.07. The zero-order chi connectivity index (χ0) is 17.3. The minimum absolute atomic E-state index is 0.203. The van der Waals surface area contributed by atoms with Gasteiger partial charge in [-0.05, 0) is 35.1 Å². The SMILES string of the molecule is CCc1ccc2c(F)c(-c3ccc(OC(F)F)c(F)c3)ccc2c1. The van der Waals surface area contributed by atoms with Gasteiger partial charge in [-0.1, -0.05) is 43.3 Å². The predicted octanol–water partition coefficient (Wildman–Crippen LogP) is 5.95. The van der Waals surface area contributed by atoms with E-state index in [1.165, 1.54) is 6.07 Å². The number of hydrogen-bond donors (Lipinski definition) is 0. The van der Waals surface area contributed by atoms with Crippen molar-refractivity contribution in [3.05, 3.63) is 65.7 Å². The van der Waals surface area contributed by atoms with Gasteiger partial charge < -0.3 is 4.74 Å². The molecule has 1 nitrogen and oxygen atoms in total. The fourth-order valence-electron chi connectivity index (χ4n) is 2.64. The third-order valence-corrected chi connectivity index (χ3v) is 3.89. The molecule has 24 heavy (non-hydrogen) atoms. The Morgan fingerprint density at radius 2 is 1.75 bits per heavy atom. The van der Waals surface area contributed by atoms with Gasteiger partial charge in [-0.2, -0.15) is 8.78 Å². The molecule has 0 aliphatic heterocycles. The van der Waals surface area contributed by atoms with Crippen LogP contribution in [0, 0.1) is 11.6 Å². The maximum Gasteiger partial charge on any atom is 0.387 e. The molecule has 0 saturated heterocycles. The van der Waals surface area contributed by atoms with Crippen LogP contribution in [0.15, 0.2) is 48.5 Å². The zero-order valence-corrected chi connectivity index (χ0v) is 12.8. The minimum Gasteiger partial charge on any atom is -0.432 e. The van der Waals surface area contributed by atoms with Gasteiger partial charge in [0.05, 0.1) is 0 Å². The van der Waals surface area contributed by atoms with Crippen LogP contribution in [0.2, 0.25) is 0 Å². The summed E-state index contributed by atoms with van der Waals surface area (Å²) < 4.78 is 57.0. The summed E-state index contributed by atoms with van der Waals surface area (Å²) in [4.78, 5) is 0. The average molecular weight is 334 g/mol. The van der Waals surface area contributed by atoms with Crippen LogP contribution in [0.1, 0.15) is 12.5 Å². The van der Waals surface area contributed by atoms with Crippen molar-refractivity contribution in [2.45, 2.75) is 20.0 Å². The van der Waals surface area contributed by atoms with Crippen molar-refractivity contribution < 1.29 is 22.3 Å². The highest BCUT2D eigenvalue weighted by atomic mass is 19.3. The summed E-state index contributed by atoms with van der Waals surface area (Å²) in [6, 6.07) is 12.2. The lowest BCUT2D eigenvalue weighted by Gasteiger charge is -2.10. The number of rotatable bonds is 4. The normalized spacial score (nSPS) is 11.2. The van der Waals surface area contributed by atoms with Crippen LogP contribution in [0.25, 0.3) is 21.9 Å². The second-order valence-electron chi connectivity index (χ2n) is 5.36. The first-order valence-corrected chi connectivity index (χ1v) is 7.45. The van der Waals surface area contributed by atoms with Gasteiger partial charge in [0.2, 0.25) is 0 Å². The van der Waals surface area contributed by atoms with E-state index in [0.717, 1.165) is 29.5 Å². The van der Waals surface area contributed by atoms with Crippen molar-refractivity contribution in [1.29, 1.82) is 0 Å². The van der Waals surface area contributed by atoms with Gasteiger partial charge in [0.1, 0.15) is 5.82 Å². The van der Waals surface area contributed by atoms with Crippen molar-refractivity contribution in [1.82, 2.24) is 0 Å². The lowest BCUT2D eigenvalue weighted by atomic mass is 9.98. The number of fused-ring (bicyclic) bond motifs is 1. The van der Waals surface area contributed by atoms with Gasteiger partial charge in [-0.3, -0.25) is 0 Å². The monoisotopic (exact) mass is 334 g/mol. The van der Waals surface area contributed by atoms with Gasteiger partial charge in [-0.15, -0.1) is 0 Å². The maximum absolute atomic E-state index is 14.8. The molecule has 0 aromatic heterocycles. The third-order valence-electron chi connectivity index (χ3n) is 3.89. The van der Waals surface area contributed by atoms with Gasteiger partial charge in [0.25, 0.3) is 0 Å². The number of hydrogen-bond acceptors (Lipinski definition) is 1. The molecule has 0 radical (unpaired) electrons. The molecule has 124 valence electrons. The zero-order valence-electron chi connectivity index (χ0n) is 12.8. The van der Waals surface area contributed by atoms with Crippen LogP contribution >= 0.6 is 0 Å². The second-order valence-corrected chi connectivity index (χ2v) is 5.36. The fourth-order valence-corrected chi connectivity index (χ4v) is 2.64. The van der Waals surface area contributed by atoms with Crippen LogP contribution in [0.4, 0.5) is 17.6 Å². The molecule has 0 amide bonds. The molecular formula is C19H14F4O. The fraction of sp³-hybridized carbons (Fsp3) is 0.158. The Morgan fingerprint density at radius 3 is 2.42 bits per heavy atom. The predicted molar refractivity (Wildman–Crippen MR) is 85.3 cm³/mol. The summed E-state index contributed by atoms with van der Waals surface area (Å²) in [6.45, 7) is -1.10. The summed E-state index contributed by atoms with van der Waals surface area (Å²) in [6.07, 6.45) is 0.843. The summed E-state index contributed by atoms with van der Waals surface area (Å²) in [7, 11) is 0. The minimum atomic E-state index is -3.12. The highest BCUT2D eigenvalue weighted by Gasteiger charge is 2.14. The Hall–Kier alpha value is -2.56. The molecule has 0 aliphatic carbocycles. The number of benzene rings is 3. The van der Waals surface area contributed by atoms with Crippen molar-refractivity contribution in [2.24, 2.45) is 0 Å². The standard InChI is InChI=1S/C19H14F4O/c1-2-11-3-6-14-12(9-11)4-7-15(18(14)21)13-5-8-17(16(20)10-13)24-19(22)23/h3-10,19H,2H2,1H3. The smallest absolute Gasteiger partial charge is 0.387 e. The van der Waals surface area contributed by atoms with Crippen LogP contribution < -0.4 is 4.74 Å². The van der Waals surface area contributed by atoms with Crippen LogP contribution in [-0.2, 0) is 6.42 Å². The van der Waals surface area contributed by atoms with Gasteiger partial charge in [0, 0.05) is 10.9 Å². The number of aryl methyl sites for hydroxylation is 1. The van der Waals surface area contributed by atoms with E-state index in [-0.39, 0.29) is 11.1 Å². The van der Waals surface area contributed by atoms with E-state index in [4.69, 9.17) is 0 Å². The van der Waals surface area contributed by atoms with E-state index in [1.807, 2.05) is 19.1 Å². The molecule has 3 aromatic carbocycles. The molecule has 0 aliphatic rings. The molecule has 3 rings (SSSR count). The lowest BCUT2D eigenvalue weighted by molar-refractivity contribution is -0.0521. The quantitative estimate of drug-likeness (QED) is 0.536. The first-order chi connectivity index (χ1) is 11.5. The van der Waals surface area contributed by atoms with Crippen LogP contribution in [0.5, 0.6) is 5.75 Å². The maximum atomic E-state index is 14.8. The molecule has 0 heterocycles. The summed E-state index contributed by atoms with van der Waals surface area (Å²) in [5.74, 6) is -2.01. The molecule has 5 heteroatoms. The van der Waals surface area contributed by atoms with Gasteiger partial charge in [-0.25, -0.2) is 8.78 Å². The van der Waals surface area contributed by atoms with E-state index in [1.54, 1.807) is 18.2 Å². The Kier molecular flexibility index (Phi) is 4.42. The van der Waals surface area contributed by atoms with E-state index >= 15 is 0 Å². The van der Waals surface area contributed by atoms with Crippen LogP contribution in [-0.4, -0.2) is 6.61 Å². The van der Waals surface area contributed by atoms with Gasteiger partial charge >= 0.3 is 6.61 Å². The Labute approximate surface area is 136 Å². The highest BCUT2D eigenvalue weighted by molar-refractivity contribution is 5.88. The van der Waals surface area contributed by atoms with Crippen molar-refractivity contribution >= 4 is 10.8 Å². The Bertz CT molecular complexity index is 890. The summed E-state index contributed by atoms with van der Waals surface area (Å²) in [5.41, 5.74) is 1.55. The van der Waals surface area contributed by atoms with E-state index in [0.29, 0.717) is 5.39 Å². The van der Waals surface area contributed by atoms with Crippen molar-refractivity contribution in [2.75, 3.05) is 0 Å². The van der Waals surface area contributed by atoms with E-state index < -0.39 is 24.0 Å². The first-order valence-electron chi connectivity index (χ1n) is 7.45. The molecule has 0 spiro atoms. The lowest BCUT2D eigenvalue weighted by Crippen LogP contribution is -2.03. The summed E-state index contributed by atoms with van der Waals surface area (Å²) >= 11 is 0. The average Bonchev–Trinajstić information content (AvgIpc) is 2.56. The molecule has 0 N–H and O–H groups in total. The number of ether oxygens (including phenoxy) is 1. The molecular weight excluding hydrogens is 320 g/mol. The number of halogens is 4. The van der Waals surface area contributed by atoms with Crippen molar-refractivity contribution in [3.63, 3.8) is 0 Å². The molecule has 0 atom stereocenters. The Balaban J connectivity index is 2.06. The van der Waals surface area contributed by atoms with E-state index in [2.05, 4.69) is 4.74 Å². The highest BCUT2D eigenvalue weighted by Crippen LogP contribution is 2.32. The van der Waals surface area contributed by atoms with Crippen molar-refractivity contribution in [3.8, 4) is 16.9 Å². The van der Waals surface area contributed by atoms with Crippen LogP contribution in [0.3, 0.4) is 0 Å². The number of alkyl halides is 2. The topological polar surface area (TPSA) is 9.23 Å². The molecule has 0 bridgehead atoms. The molecule has 0 fully saturated rings.